The van der Waals surface area contributed by atoms with Crippen LogP contribution in [0.5, 0.6) is 0 Å². The molecule has 9 nitrogen and oxygen atoms in total. The van der Waals surface area contributed by atoms with Gasteiger partial charge in [-0.2, -0.15) is 10.5 Å². The van der Waals surface area contributed by atoms with E-state index in [-0.39, 0.29) is 44.5 Å². The molecule has 1 atom stereocenters. The molecule has 0 fully saturated rings. The summed E-state index contributed by atoms with van der Waals surface area (Å²) in [7, 11) is 0. The Morgan fingerprint density at radius 3 is 2.54 bits per heavy atom. The lowest BCUT2D eigenvalue weighted by molar-refractivity contribution is -0.384. The summed E-state index contributed by atoms with van der Waals surface area (Å²) in [6.45, 7) is -0.475. The highest BCUT2D eigenvalue weighted by Gasteiger charge is 2.26. The number of aliphatic hydroxyl groups is 2. The van der Waals surface area contributed by atoms with E-state index in [1.54, 1.807) is 6.07 Å². The van der Waals surface area contributed by atoms with Crippen LogP contribution in [0.1, 0.15) is 11.1 Å². The normalized spacial score (nSPS) is 11.4. The van der Waals surface area contributed by atoms with Gasteiger partial charge in [0.25, 0.3) is 5.69 Å². The molecule has 1 aromatic carbocycles. The van der Waals surface area contributed by atoms with Gasteiger partial charge in [-0.05, 0) is 6.07 Å². The standard InChI is InChI=1S/C16H13N5O4S/c17-5-11-14(10-3-1-2-4-13(10)21(24)25)12(6-18)16(20-15(11)19)26-8-9(23)7-22/h1-4,9,22-23H,7-8H2,(H2,19,20). The van der Waals surface area contributed by atoms with Crippen LogP contribution < -0.4 is 5.73 Å². The highest BCUT2D eigenvalue weighted by Crippen LogP contribution is 2.39. The van der Waals surface area contributed by atoms with Gasteiger partial charge in [-0.15, -0.1) is 11.8 Å². The van der Waals surface area contributed by atoms with Gasteiger partial charge in [0.2, 0.25) is 0 Å². The summed E-state index contributed by atoms with van der Waals surface area (Å²) in [6.07, 6.45) is -1.04. The molecular formula is C16H13N5O4S. The first-order valence-electron chi connectivity index (χ1n) is 7.23. The van der Waals surface area contributed by atoms with Crippen LogP contribution in [0, 0.1) is 32.8 Å². The minimum absolute atomic E-state index is 0.0239. The quantitative estimate of drug-likeness (QED) is 0.386. The molecule has 0 saturated heterocycles. The first-order chi connectivity index (χ1) is 12.4. The summed E-state index contributed by atoms with van der Waals surface area (Å²) < 4.78 is 0. The van der Waals surface area contributed by atoms with Crippen molar-refractivity contribution in [1.29, 1.82) is 10.5 Å². The summed E-state index contributed by atoms with van der Waals surface area (Å²) in [5.41, 5.74) is 5.45. The zero-order valence-electron chi connectivity index (χ0n) is 13.3. The minimum atomic E-state index is -1.04. The maximum absolute atomic E-state index is 11.3. The third-order valence-corrected chi connectivity index (χ3v) is 4.53. The molecule has 0 aliphatic rings. The highest BCUT2D eigenvalue weighted by atomic mass is 32.2. The lowest BCUT2D eigenvalue weighted by Crippen LogP contribution is -2.15. The number of thioether (sulfide) groups is 1. The van der Waals surface area contributed by atoms with Gasteiger partial charge in [-0.25, -0.2) is 4.98 Å². The van der Waals surface area contributed by atoms with E-state index in [4.69, 9.17) is 10.8 Å². The average Bonchev–Trinajstić information content (AvgIpc) is 2.65. The van der Waals surface area contributed by atoms with Crippen molar-refractivity contribution < 1.29 is 15.1 Å². The highest BCUT2D eigenvalue weighted by molar-refractivity contribution is 7.99. The molecule has 0 radical (unpaired) electrons. The van der Waals surface area contributed by atoms with Crippen molar-refractivity contribution >= 4 is 23.3 Å². The molecule has 2 aromatic rings. The number of anilines is 1. The predicted molar refractivity (Wildman–Crippen MR) is 94.0 cm³/mol. The number of aliphatic hydroxyl groups excluding tert-OH is 2. The maximum Gasteiger partial charge on any atom is 0.277 e. The van der Waals surface area contributed by atoms with Crippen LogP contribution in [0.2, 0.25) is 0 Å². The molecule has 1 unspecified atom stereocenters. The van der Waals surface area contributed by atoms with Crippen LogP contribution in [0.15, 0.2) is 29.3 Å². The number of nitrogen functional groups attached to an aromatic ring is 1. The number of hydrogen-bond acceptors (Lipinski definition) is 9. The molecule has 1 heterocycles. The average molecular weight is 371 g/mol. The van der Waals surface area contributed by atoms with Crippen molar-refractivity contribution in [1.82, 2.24) is 4.98 Å². The molecule has 0 aliphatic carbocycles. The third-order valence-electron chi connectivity index (χ3n) is 3.41. The van der Waals surface area contributed by atoms with Crippen LogP contribution in [-0.4, -0.2) is 38.6 Å². The molecule has 0 bridgehead atoms. The number of nitriles is 2. The van der Waals surface area contributed by atoms with E-state index in [0.717, 1.165) is 11.8 Å². The van der Waals surface area contributed by atoms with Crippen molar-refractivity contribution in [3.63, 3.8) is 0 Å². The first-order valence-corrected chi connectivity index (χ1v) is 8.22. The molecule has 0 saturated carbocycles. The third kappa shape index (κ3) is 3.73. The van der Waals surface area contributed by atoms with E-state index in [1.165, 1.54) is 18.2 Å². The van der Waals surface area contributed by atoms with Crippen LogP contribution in [0.4, 0.5) is 11.5 Å². The van der Waals surface area contributed by atoms with Crippen LogP contribution in [0.3, 0.4) is 0 Å². The van der Waals surface area contributed by atoms with E-state index < -0.39 is 17.6 Å². The number of pyridine rings is 1. The molecule has 0 aliphatic heterocycles. The van der Waals surface area contributed by atoms with Crippen LogP contribution in [-0.2, 0) is 0 Å². The Morgan fingerprint density at radius 2 is 1.96 bits per heavy atom. The monoisotopic (exact) mass is 371 g/mol. The molecule has 0 spiro atoms. The number of rotatable bonds is 6. The largest absolute Gasteiger partial charge is 0.394 e. The lowest BCUT2D eigenvalue weighted by atomic mass is 9.95. The van der Waals surface area contributed by atoms with E-state index in [1.807, 2.05) is 12.1 Å². The second-order valence-electron chi connectivity index (χ2n) is 5.07. The summed E-state index contributed by atoms with van der Waals surface area (Å²) >= 11 is 0.958. The minimum Gasteiger partial charge on any atom is -0.394 e. The second kappa shape index (κ2) is 8.27. The van der Waals surface area contributed by atoms with Crippen molar-refractivity contribution in [2.75, 3.05) is 18.1 Å². The van der Waals surface area contributed by atoms with Gasteiger partial charge in [-0.3, -0.25) is 10.1 Å². The molecule has 4 N–H and O–H groups in total. The topological polar surface area (TPSA) is 170 Å². The fourth-order valence-corrected chi connectivity index (χ4v) is 3.15. The summed E-state index contributed by atoms with van der Waals surface area (Å²) in [4.78, 5) is 14.7. The Balaban J connectivity index is 2.76. The number of nitrogens with two attached hydrogens (primary N) is 1. The van der Waals surface area contributed by atoms with Gasteiger partial charge >= 0.3 is 0 Å². The Bertz CT molecular complexity index is 935. The van der Waals surface area contributed by atoms with Gasteiger partial charge in [0, 0.05) is 17.4 Å². The molecule has 2 rings (SSSR count). The fraction of sp³-hybridized carbons (Fsp3) is 0.188. The van der Waals surface area contributed by atoms with Crippen molar-refractivity contribution in [2.24, 2.45) is 0 Å². The van der Waals surface area contributed by atoms with Crippen molar-refractivity contribution in [3.8, 4) is 23.3 Å². The summed E-state index contributed by atoms with van der Waals surface area (Å²) in [5.74, 6) is -0.152. The molecule has 26 heavy (non-hydrogen) atoms. The second-order valence-corrected chi connectivity index (χ2v) is 6.08. The Hall–Kier alpha value is -3.18. The van der Waals surface area contributed by atoms with E-state index in [9.17, 15) is 25.7 Å². The number of nitro groups is 1. The van der Waals surface area contributed by atoms with Gasteiger partial charge in [-0.1, -0.05) is 12.1 Å². The van der Waals surface area contributed by atoms with Crippen LogP contribution >= 0.6 is 11.8 Å². The molecule has 10 heteroatoms. The van der Waals surface area contributed by atoms with Gasteiger partial charge < -0.3 is 15.9 Å². The molecule has 1 aromatic heterocycles. The van der Waals surface area contributed by atoms with Gasteiger partial charge in [0.15, 0.2) is 0 Å². The lowest BCUT2D eigenvalue weighted by Gasteiger charge is -2.14. The van der Waals surface area contributed by atoms with Crippen molar-refractivity contribution in [3.05, 3.63) is 45.5 Å². The van der Waals surface area contributed by atoms with E-state index >= 15 is 0 Å². The summed E-state index contributed by atoms with van der Waals surface area (Å²) in [5, 5.41) is 48.9. The SMILES string of the molecule is N#Cc1c(N)nc(SCC(O)CO)c(C#N)c1-c1ccccc1[N+](=O)[O-]. The Labute approximate surface area is 152 Å². The van der Waals surface area contributed by atoms with Crippen LogP contribution in [0.25, 0.3) is 11.1 Å². The van der Waals surface area contributed by atoms with Gasteiger partial charge in [0.05, 0.1) is 28.8 Å². The number of para-hydroxylation sites is 1. The molecule has 132 valence electrons. The molecule has 0 amide bonds. The smallest absolute Gasteiger partial charge is 0.277 e. The van der Waals surface area contributed by atoms with Gasteiger partial charge in [0.1, 0.15) is 28.5 Å². The first kappa shape index (κ1) is 19.1. The van der Waals surface area contributed by atoms with Crippen molar-refractivity contribution in [2.45, 2.75) is 11.1 Å². The number of benzene rings is 1. The zero-order chi connectivity index (χ0) is 19.3. The Kier molecular flexibility index (Phi) is 6.09. The number of nitrogens with zero attached hydrogens (tertiary/aromatic N) is 4. The molecular weight excluding hydrogens is 358 g/mol. The number of aromatic nitrogens is 1. The zero-order valence-corrected chi connectivity index (χ0v) is 14.1. The number of nitro benzene ring substituents is 1. The van der Waals surface area contributed by atoms with E-state index in [0.29, 0.717) is 0 Å². The van der Waals surface area contributed by atoms with E-state index in [2.05, 4.69) is 4.98 Å². The predicted octanol–water partition coefficient (Wildman–Crippen LogP) is 1.43. The Morgan fingerprint density at radius 1 is 1.31 bits per heavy atom. The fourth-order valence-electron chi connectivity index (χ4n) is 2.24. The maximum atomic E-state index is 11.3. The number of hydrogen-bond donors (Lipinski definition) is 3. The summed E-state index contributed by atoms with van der Waals surface area (Å²) in [6, 6.07) is 9.46.